The predicted octanol–water partition coefficient (Wildman–Crippen LogP) is 3.32. The summed E-state index contributed by atoms with van der Waals surface area (Å²) in [5.41, 5.74) is 2.83. The molecule has 1 atom stereocenters. The Morgan fingerprint density at radius 2 is 1.74 bits per heavy atom. The summed E-state index contributed by atoms with van der Waals surface area (Å²) >= 11 is 0. The summed E-state index contributed by atoms with van der Waals surface area (Å²) in [5, 5.41) is 2.82. The summed E-state index contributed by atoms with van der Waals surface area (Å²) in [5.74, 6) is 1.00. The van der Waals surface area contributed by atoms with Gasteiger partial charge in [0.05, 0.1) is 26.3 Å². The van der Waals surface area contributed by atoms with Crippen LogP contribution < -0.4 is 14.8 Å². The number of nitrogens with one attached hydrogen (secondary N) is 1. The first-order chi connectivity index (χ1) is 14.7. The number of likely N-dealkylation sites (N-methyl/N-ethyl adjacent to an activating group) is 2. The van der Waals surface area contributed by atoms with Gasteiger partial charge in [-0.2, -0.15) is 0 Å². The third kappa shape index (κ3) is 7.00. The molecule has 0 aliphatic heterocycles. The van der Waals surface area contributed by atoms with Crippen LogP contribution in [0.15, 0.2) is 42.5 Å². The quantitative estimate of drug-likeness (QED) is 0.630. The lowest BCUT2D eigenvalue weighted by Crippen LogP contribution is -2.46. The minimum atomic E-state index is -0.394. The number of hydrogen-bond donors (Lipinski definition) is 1. The Kier molecular flexibility index (Phi) is 8.88. The Hall–Kier alpha value is -3.06. The van der Waals surface area contributed by atoms with Gasteiger partial charge in [0.25, 0.3) is 0 Å². The van der Waals surface area contributed by atoms with Crippen LogP contribution >= 0.6 is 0 Å². The SMILES string of the molecule is CCOc1ccc(CN(C)[C@@H](C)C(=O)N(C)CC(=O)Nc2ccc(C)cc2)cc1OC. The van der Waals surface area contributed by atoms with Gasteiger partial charge in [-0.25, -0.2) is 0 Å². The lowest BCUT2D eigenvalue weighted by Gasteiger charge is -2.28. The predicted molar refractivity (Wildman–Crippen MR) is 123 cm³/mol. The molecular formula is C24H33N3O4. The Bertz CT molecular complexity index is 883. The normalized spacial score (nSPS) is 11.7. The second kappa shape index (κ2) is 11.4. The number of hydrogen-bond acceptors (Lipinski definition) is 5. The fourth-order valence-electron chi connectivity index (χ4n) is 3.15. The molecule has 2 amide bonds. The van der Waals surface area contributed by atoms with Gasteiger partial charge in [-0.1, -0.05) is 23.8 Å². The molecular weight excluding hydrogens is 394 g/mol. The average molecular weight is 428 g/mol. The number of ether oxygens (including phenoxy) is 2. The van der Waals surface area contributed by atoms with Crippen molar-refractivity contribution in [2.75, 3.05) is 39.7 Å². The maximum Gasteiger partial charge on any atom is 0.243 e. The van der Waals surface area contributed by atoms with Crippen molar-refractivity contribution in [2.45, 2.75) is 33.4 Å². The van der Waals surface area contributed by atoms with Crippen LogP contribution in [0, 0.1) is 6.92 Å². The number of aryl methyl sites for hydroxylation is 1. The van der Waals surface area contributed by atoms with Crippen molar-refractivity contribution in [3.05, 3.63) is 53.6 Å². The number of anilines is 1. The van der Waals surface area contributed by atoms with Crippen LogP contribution in [0.2, 0.25) is 0 Å². The Labute approximate surface area is 184 Å². The lowest BCUT2D eigenvalue weighted by atomic mass is 10.1. The lowest BCUT2D eigenvalue weighted by molar-refractivity contribution is -0.137. The third-order valence-corrected chi connectivity index (χ3v) is 5.07. The third-order valence-electron chi connectivity index (χ3n) is 5.07. The van der Waals surface area contributed by atoms with Gasteiger partial charge >= 0.3 is 0 Å². The number of rotatable bonds is 10. The first-order valence-electron chi connectivity index (χ1n) is 10.4. The van der Waals surface area contributed by atoms with E-state index in [1.807, 2.05) is 75.2 Å². The number of methoxy groups -OCH3 is 1. The Balaban J connectivity index is 1.93. The highest BCUT2D eigenvalue weighted by atomic mass is 16.5. The second-order valence-corrected chi connectivity index (χ2v) is 7.62. The Morgan fingerprint density at radius 1 is 1.06 bits per heavy atom. The summed E-state index contributed by atoms with van der Waals surface area (Å²) in [4.78, 5) is 28.5. The maximum atomic E-state index is 12.8. The molecule has 0 radical (unpaired) electrons. The molecule has 0 heterocycles. The fourth-order valence-corrected chi connectivity index (χ4v) is 3.15. The zero-order chi connectivity index (χ0) is 23.0. The van der Waals surface area contributed by atoms with Crippen LogP contribution in [0.5, 0.6) is 11.5 Å². The van der Waals surface area contributed by atoms with Crippen LogP contribution in [-0.4, -0.2) is 62.0 Å². The molecule has 0 saturated heterocycles. The average Bonchev–Trinajstić information content (AvgIpc) is 2.75. The van der Waals surface area contributed by atoms with Crippen molar-refractivity contribution in [3.8, 4) is 11.5 Å². The number of amides is 2. The van der Waals surface area contributed by atoms with Crippen LogP contribution in [0.1, 0.15) is 25.0 Å². The van der Waals surface area contributed by atoms with Gasteiger partial charge in [0.1, 0.15) is 0 Å². The fraction of sp³-hybridized carbons (Fsp3) is 0.417. The van der Waals surface area contributed by atoms with Crippen molar-refractivity contribution in [2.24, 2.45) is 0 Å². The highest BCUT2D eigenvalue weighted by molar-refractivity contribution is 5.95. The van der Waals surface area contributed by atoms with Crippen LogP contribution in [0.4, 0.5) is 5.69 Å². The number of carbonyl (C=O) groups excluding carboxylic acids is 2. The molecule has 2 rings (SSSR count). The van der Waals surface area contributed by atoms with E-state index < -0.39 is 6.04 Å². The number of benzene rings is 2. The Morgan fingerprint density at radius 3 is 2.35 bits per heavy atom. The number of nitrogens with zero attached hydrogens (tertiary/aromatic N) is 2. The summed E-state index contributed by atoms with van der Waals surface area (Å²) < 4.78 is 11.0. The molecule has 0 fully saturated rings. The van der Waals surface area contributed by atoms with Gasteiger partial charge in [0.15, 0.2) is 11.5 Å². The molecule has 0 aliphatic rings. The van der Waals surface area contributed by atoms with Crippen LogP contribution in [0.3, 0.4) is 0 Å². The summed E-state index contributed by atoms with van der Waals surface area (Å²) in [6.07, 6.45) is 0. The minimum Gasteiger partial charge on any atom is -0.493 e. The molecule has 0 aliphatic carbocycles. The van der Waals surface area contributed by atoms with E-state index in [0.717, 1.165) is 11.1 Å². The van der Waals surface area contributed by atoms with E-state index in [-0.39, 0.29) is 18.4 Å². The van der Waals surface area contributed by atoms with Crippen molar-refractivity contribution in [1.82, 2.24) is 9.80 Å². The molecule has 2 aromatic carbocycles. The molecule has 0 bridgehead atoms. The van der Waals surface area contributed by atoms with E-state index in [2.05, 4.69) is 5.32 Å². The van der Waals surface area contributed by atoms with Gasteiger partial charge in [-0.3, -0.25) is 14.5 Å². The molecule has 0 saturated carbocycles. The first-order valence-corrected chi connectivity index (χ1v) is 10.4. The standard InChI is InChI=1S/C24H33N3O4/c1-7-31-21-13-10-19(14-22(21)30-6)15-26(4)18(3)24(29)27(5)16-23(28)25-20-11-8-17(2)9-12-20/h8-14,18H,7,15-16H2,1-6H3,(H,25,28)/t18-/m0/s1. The van der Waals surface area contributed by atoms with Gasteiger partial charge in [-0.05, 0) is 57.6 Å². The monoisotopic (exact) mass is 427 g/mol. The molecule has 0 spiro atoms. The van der Waals surface area contributed by atoms with Gasteiger partial charge in [0.2, 0.25) is 11.8 Å². The maximum absolute atomic E-state index is 12.8. The van der Waals surface area contributed by atoms with Gasteiger partial charge in [-0.15, -0.1) is 0 Å². The summed E-state index contributed by atoms with van der Waals surface area (Å²) in [7, 11) is 5.13. The highest BCUT2D eigenvalue weighted by Gasteiger charge is 2.23. The molecule has 1 N–H and O–H groups in total. The van der Waals surface area contributed by atoms with E-state index in [0.29, 0.717) is 30.3 Å². The van der Waals surface area contributed by atoms with Crippen molar-refractivity contribution < 1.29 is 19.1 Å². The topological polar surface area (TPSA) is 71.1 Å². The van der Waals surface area contributed by atoms with Gasteiger partial charge < -0.3 is 19.7 Å². The molecule has 7 nitrogen and oxygen atoms in total. The zero-order valence-corrected chi connectivity index (χ0v) is 19.3. The number of carbonyl (C=O) groups is 2. The van der Waals surface area contributed by atoms with E-state index >= 15 is 0 Å². The van der Waals surface area contributed by atoms with Crippen molar-refractivity contribution >= 4 is 17.5 Å². The van der Waals surface area contributed by atoms with Crippen LogP contribution in [-0.2, 0) is 16.1 Å². The van der Waals surface area contributed by atoms with E-state index in [1.54, 1.807) is 14.2 Å². The van der Waals surface area contributed by atoms with Gasteiger partial charge in [0, 0.05) is 19.3 Å². The van der Waals surface area contributed by atoms with Crippen molar-refractivity contribution in [1.29, 1.82) is 0 Å². The molecule has 0 unspecified atom stereocenters. The molecule has 2 aromatic rings. The minimum absolute atomic E-state index is 0.0121. The summed E-state index contributed by atoms with van der Waals surface area (Å²) in [6.45, 7) is 6.85. The molecule has 31 heavy (non-hydrogen) atoms. The summed E-state index contributed by atoms with van der Waals surface area (Å²) in [6, 6.07) is 12.9. The molecule has 0 aromatic heterocycles. The van der Waals surface area contributed by atoms with Crippen molar-refractivity contribution in [3.63, 3.8) is 0 Å². The zero-order valence-electron chi connectivity index (χ0n) is 19.3. The molecule has 168 valence electrons. The first kappa shape index (κ1) is 24.2. The van der Waals surface area contributed by atoms with E-state index in [1.165, 1.54) is 4.90 Å². The second-order valence-electron chi connectivity index (χ2n) is 7.62. The van der Waals surface area contributed by atoms with Crippen LogP contribution in [0.25, 0.3) is 0 Å². The smallest absolute Gasteiger partial charge is 0.243 e. The van der Waals surface area contributed by atoms with E-state index in [9.17, 15) is 9.59 Å². The largest absolute Gasteiger partial charge is 0.493 e. The highest BCUT2D eigenvalue weighted by Crippen LogP contribution is 2.28. The molecule has 7 heteroatoms. The van der Waals surface area contributed by atoms with E-state index in [4.69, 9.17) is 9.47 Å².